The maximum Gasteiger partial charge on any atom is 0.318 e. The summed E-state index contributed by atoms with van der Waals surface area (Å²) in [5.41, 5.74) is 0.708. The smallest absolute Gasteiger partial charge is 0.318 e. The fraction of sp³-hybridized carbons (Fsp3) is 0.0833. The first-order valence-electron chi connectivity index (χ1n) is 5.29. The van der Waals surface area contributed by atoms with Gasteiger partial charge in [0, 0.05) is 0 Å². The highest BCUT2D eigenvalue weighted by atomic mass is 19.1. The molecule has 5 nitrogen and oxygen atoms in total. The molecular weight excluding hydrogens is 256 g/mol. The predicted molar refractivity (Wildman–Crippen MR) is 62.4 cm³/mol. The van der Waals surface area contributed by atoms with Crippen LogP contribution in [0, 0.1) is 11.6 Å². The van der Waals surface area contributed by atoms with Crippen LogP contribution >= 0.6 is 0 Å². The number of carbonyl (C=O) groups is 1. The van der Waals surface area contributed by atoms with E-state index in [2.05, 4.69) is 15.3 Å². The monoisotopic (exact) mass is 265 g/mol. The lowest BCUT2D eigenvalue weighted by molar-refractivity contribution is -0.105. The summed E-state index contributed by atoms with van der Waals surface area (Å²) in [6.07, 6.45) is 1.19. The number of hydrogen-bond acceptors (Lipinski definition) is 4. The number of anilines is 1. The number of ether oxygens (including phenoxy) is 1. The van der Waals surface area contributed by atoms with E-state index in [4.69, 9.17) is 4.74 Å². The summed E-state index contributed by atoms with van der Waals surface area (Å²) in [7, 11) is 0. The topological polar surface area (TPSA) is 64.1 Å². The maximum absolute atomic E-state index is 13.1. The number of nitrogens with one attached hydrogen (secondary N) is 1. The van der Waals surface area contributed by atoms with Gasteiger partial charge in [0.1, 0.15) is 12.4 Å². The normalized spacial score (nSPS) is 10.0. The molecule has 2 rings (SSSR count). The van der Waals surface area contributed by atoms with Crippen molar-refractivity contribution >= 4 is 12.2 Å². The van der Waals surface area contributed by atoms with Crippen molar-refractivity contribution in [3.8, 4) is 6.01 Å². The number of amides is 1. The SMILES string of the molecule is O=CNc1nc(OCc2ccc(F)cc2)ncc1F. The van der Waals surface area contributed by atoms with Gasteiger partial charge in [0.2, 0.25) is 6.41 Å². The molecule has 0 atom stereocenters. The number of rotatable bonds is 5. The van der Waals surface area contributed by atoms with Gasteiger partial charge in [-0.2, -0.15) is 4.98 Å². The van der Waals surface area contributed by atoms with Crippen LogP contribution in [0.3, 0.4) is 0 Å². The number of hydrogen-bond donors (Lipinski definition) is 1. The molecule has 1 aromatic carbocycles. The summed E-state index contributed by atoms with van der Waals surface area (Å²) in [5.74, 6) is -1.38. The van der Waals surface area contributed by atoms with Gasteiger partial charge in [-0.1, -0.05) is 12.1 Å². The van der Waals surface area contributed by atoms with Crippen LogP contribution in [0.25, 0.3) is 0 Å². The Morgan fingerprint density at radius 1 is 1.26 bits per heavy atom. The highest BCUT2D eigenvalue weighted by Crippen LogP contribution is 2.13. The van der Waals surface area contributed by atoms with Crippen LogP contribution in [-0.4, -0.2) is 16.4 Å². The van der Waals surface area contributed by atoms with E-state index in [0.717, 1.165) is 6.20 Å². The molecule has 0 saturated heterocycles. The average molecular weight is 265 g/mol. The zero-order valence-electron chi connectivity index (χ0n) is 9.64. The third-order valence-electron chi connectivity index (χ3n) is 2.20. The molecule has 1 N–H and O–H groups in total. The highest BCUT2D eigenvalue weighted by Gasteiger charge is 2.07. The van der Waals surface area contributed by atoms with E-state index >= 15 is 0 Å². The molecule has 1 amide bonds. The van der Waals surface area contributed by atoms with E-state index in [9.17, 15) is 13.6 Å². The Kier molecular flexibility index (Phi) is 3.97. The van der Waals surface area contributed by atoms with Gasteiger partial charge < -0.3 is 10.1 Å². The van der Waals surface area contributed by atoms with E-state index in [1.54, 1.807) is 12.1 Å². The lowest BCUT2D eigenvalue weighted by atomic mass is 10.2. The first-order valence-corrected chi connectivity index (χ1v) is 5.29. The average Bonchev–Trinajstić information content (AvgIpc) is 2.42. The van der Waals surface area contributed by atoms with Crippen molar-refractivity contribution in [2.24, 2.45) is 0 Å². The zero-order valence-corrected chi connectivity index (χ0v) is 9.64. The quantitative estimate of drug-likeness (QED) is 0.839. The van der Waals surface area contributed by atoms with Crippen LogP contribution in [0.4, 0.5) is 14.6 Å². The Hall–Kier alpha value is -2.57. The second-order valence-electron chi connectivity index (χ2n) is 3.53. The lowest BCUT2D eigenvalue weighted by Gasteiger charge is -2.06. The van der Waals surface area contributed by atoms with Crippen LogP contribution in [0.15, 0.2) is 30.5 Å². The predicted octanol–water partition coefficient (Wildman–Crippen LogP) is 1.90. The van der Waals surface area contributed by atoms with Crippen molar-refractivity contribution < 1.29 is 18.3 Å². The van der Waals surface area contributed by atoms with Crippen molar-refractivity contribution in [3.05, 3.63) is 47.7 Å². The van der Waals surface area contributed by atoms with Gasteiger partial charge in [-0.05, 0) is 17.7 Å². The van der Waals surface area contributed by atoms with E-state index in [0.29, 0.717) is 12.0 Å². The van der Waals surface area contributed by atoms with Gasteiger partial charge in [0.25, 0.3) is 0 Å². The molecule has 2 aromatic rings. The molecule has 0 aliphatic heterocycles. The first-order chi connectivity index (χ1) is 9.19. The molecule has 0 aliphatic carbocycles. The summed E-state index contributed by atoms with van der Waals surface area (Å²) in [6, 6.07) is 5.59. The van der Waals surface area contributed by atoms with E-state index < -0.39 is 5.82 Å². The molecule has 0 bridgehead atoms. The summed E-state index contributed by atoms with van der Waals surface area (Å²) >= 11 is 0. The Balaban J connectivity index is 2.05. The van der Waals surface area contributed by atoms with E-state index in [1.165, 1.54) is 12.1 Å². The van der Waals surface area contributed by atoms with Crippen molar-refractivity contribution in [2.75, 3.05) is 5.32 Å². The molecule has 0 spiro atoms. The third kappa shape index (κ3) is 3.44. The van der Waals surface area contributed by atoms with Gasteiger partial charge in [0.15, 0.2) is 11.6 Å². The number of benzene rings is 1. The van der Waals surface area contributed by atoms with Crippen molar-refractivity contribution in [1.29, 1.82) is 0 Å². The Labute approximate surface area is 107 Å². The molecule has 7 heteroatoms. The maximum atomic E-state index is 13.1. The van der Waals surface area contributed by atoms with Gasteiger partial charge in [-0.15, -0.1) is 0 Å². The van der Waals surface area contributed by atoms with Gasteiger partial charge in [-0.25, -0.2) is 13.8 Å². The number of nitrogens with zero attached hydrogens (tertiary/aromatic N) is 2. The molecule has 19 heavy (non-hydrogen) atoms. The molecule has 0 saturated carbocycles. The Bertz CT molecular complexity index is 576. The molecule has 0 aliphatic rings. The van der Waals surface area contributed by atoms with Gasteiger partial charge in [-0.3, -0.25) is 4.79 Å². The largest absolute Gasteiger partial charge is 0.459 e. The highest BCUT2D eigenvalue weighted by molar-refractivity contribution is 5.68. The number of aromatic nitrogens is 2. The van der Waals surface area contributed by atoms with Crippen molar-refractivity contribution in [2.45, 2.75) is 6.61 Å². The number of halogens is 2. The lowest BCUT2D eigenvalue weighted by Crippen LogP contribution is -2.05. The first kappa shape index (κ1) is 12.9. The summed E-state index contributed by atoms with van der Waals surface area (Å²) < 4.78 is 31.0. The van der Waals surface area contributed by atoms with Crippen LogP contribution in [0.1, 0.15) is 5.56 Å². The molecule has 1 heterocycles. The van der Waals surface area contributed by atoms with Crippen LogP contribution in [0.5, 0.6) is 6.01 Å². The van der Waals surface area contributed by atoms with Crippen molar-refractivity contribution in [3.63, 3.8) is 0 Å². The minimum absolute atomic E-state index is 0.0879. The molecular formula is C12H9F2N3O2. The summed E-state index contributed by atoms with van der Waals surface area (Å²) in [5, 5.41) is 2.09. The standard InChI is InChI=1S/C12H9F2N3O2/c13-9-3-1-8(2-4-9)6-19-12-15-5-10(14)11(17-12)16-7-18/h1-5,7H,6H2,(H,15,16,17,18). The summed E-state index contributed by atoms with van der Waals surface area (Å²) in [4.78, 5) is 17.5. The van der Waals surface area contributed by atoms with Crippen molar-refractivity contribution in [1.82, 2.24) is 9.97 Å². The number of carbonyl (C=O) groups excluding carboxylic acids is 1. The second-order valence-corrected chi connectivity index (χ2v) is 3.53. The second kappa shape index (κ2) is 5.85. The van der Waals surface area contributed by atoms with Gasteiger partial charge >= 0.3 is 6.01 Å². The minimum Gasteiger partial charge on any atom is -0.459 e. The fourth-order valence-corrected chi connectivity index (χ4v) is 1.31. The van der Waals surface area contributed by atoms with E-state index in [-0.39, 0.29) is 24.3 Å². The van der Waals surface area contributed by atoms with Crippen LogP contribution in [-0.2, 0) is 11.4 Å². The molecule has 98 valence electrons. The van der Waals surface area contributed by atoms with Crippen LogP contribution in [0.2, 0.25) is 0 Å². The van der Waals surface area contributed by atoms with Gasteiger partial charge in [0.05, 0.1) is 6.20 Å². The molecule has 0 fully saturated rings. The Morgan fingerprint density at radius 2 is 2.00 bits per heavy atom. The molecule has 0 unspecified atom stereocenters. The Morgan fingerprint density at radius 3 is 2.68 bits per heavy atom. The zero-order chi connectivity index (χ0) is 13.7. The van der Waals surface area contributed by atoms with E-state index in [1.807, 2.05) is 0 Å². The third-order valence-corrected chi connectivity index (χ3v) is 2.20. The minimum atomic E-state index is -0.763. The molecule has 0 radical (unpaired) electrons. The van der Waals surface area contributed by atoms with Crippen LogP contribution < -0.4 is 10.1 Å². The molecule has 1 aromatic heterocycles. The fourth-order valence-electron chi connectivity index (χ4n) is 1.31. The summed E-state index contributed by atoms with van der Waals surface area (Å²) in [6.45, 7) is 0.104.